The maximum atomic E-state index is 13.5. The van der Waals surface area contributed by atoms with Gasteiger partial charge >= 0.3 is 6.18 Å². The average Bonchev–Trinajstić information content (AvgIpc) is 2.81. The zero-order valence-corrected chi connectivity index (χ0v) is 14.9. The van der Waals surface area contributed by atoms with Crippen LogP contribution in [0.4, 0.5) is 24.7 Å². The first-order valence-corrected chi connectivity index (χ1v) is 7.98. The van der Waals surface area contributed by atoms with Gasteiger partial charge in [0, 0.05) is 21.8 Å². The van der Waals surface area contributed by atoms with E-state index in [0.717, 1.165) is 6.07 Å². The predicted octanol–water partition coefficient (Wildman–Crippen LogP) is 1.83. The van der Waals surface area contributed by atoms with Crippen LogP contribution >= 0.6 is 22.6 Å². The Hall–Kier alpha value is -2.97. The van der Waals surface area contributed by atoms with E-state index in [9.17, 15) is 37.7 Å². The molecular weight excluding hydrogens is 488 g/mol. The molecule has 0 saturated heterocycles. The molecule has 0 saturated carbocycles. The number of hydrogen-bond acceptors (Lipinski definition) is 6. The van der Waals surface area contributed by atoms with Gasteiger partial charge in [0.15, 0.2) is 0 Å². The van der Waals surface area contributed by atoms with Crippen molar-refractivity contribution in [3.05, 3.63) is 58.9 Å². The van der Waals surface area contributed by atoms with Crippen molar-refractivity contribution in [2.45, 2.75) is 6.18 Å². The first-order chi connectivity index (χ1) is 12.4. The van der Waals surface area contributed by atoms with Crippen molar-refractivity contribution in [2.24, 2.45) is 0 Å². The summed E-state index contributed by atoms with van der Waals surface area (Å²) in [6, 6.07) is 1.78. The number of fused-ring (bicyclic) bond motifs is 1. The lowest BCUT2D eigenvalue weighted by atomic mass is 10.1. The molecule has 1 aliphatic rings. The van der Waals surface area contributed by atoms with Crippen molar-refractivity contribution in [1.82, 2.24) is 9.88 Å². The number of anilines is 1. The number of benzene rings is 1. The topological polar surface area (TPSA) is 137 Å². The molecule has 0 aliphatic carbocycles. The van der Waals surface area contributed by atoms with Crippen molar-refractivity contribution in [3.8, 4) is 5.69 Å². The van der Waals surface area contributed by atoms with Gasteiger partial charge in [0.1, 0.15) is 5.82 Å². The number of nitrogens with two attached hydrogens (primary N) is 1. The molecule has 1 aromatic heterocycles. The predicted molar refractivity (Wildman–Crippen MR) is 92.6 cm³/mol. The normalized spacial score (nSPS) is 13.5. The number of rotatable bonds is 2. The number of aromatic nitrogens is 1. The Bertz CT molecular complexity index is 1110. The van der Waals surface area contributed by atoms with E-state index in [0.29, 0.717) is 10.6 Å². The van der Waals surface area contributed by atoms with Crippen molar-refractivity contribution in [3.63, 3.8) is 0 Å². The molecule has 0 fully saturated rings. The van der Waals surface area contributed by atoms with E-state index in [-0.39, 0.29) is 15.2 Å². The zero-order chi connectivity index (χ0) is 20.3. The molecule has 3 rings (SSSR count). The van der Waals surface area contributed by atoms with E-state index in [2.05, 4.69) is 0 Å². The average molecular weight is 494 g/mol. The van der Waals surface area contributed by atoms with Crippen LogP contribution in [0.2, 0.25) is 0 Å². The minimum Gasteiger partial charge on any atom is -0.384 e. The van der Waals surface area contributed by atoms with Crippen molar-refractivity contribution < 1.29 is 27.7 Å². The lowest BCUT2D eigenvalue weighted by Gasteiger charge is -2.18. The first-order valence-electron chi connectivity index (χ1n) is 6.90. The van der Waals surface area contributed by atoms with Gasteiger partial charge in [0.25, 0.3) is 23.1 Å². The molecule has 27 heavy (non-hydrogen) atoms. The number of nitro groups is 1. The maximum absolute atomic E-state index is 13.5. The maximum Gasteiger partial charge on any atom is 0.418 e. The van der Waals surface area contributed by atoms with Crippen LogP contribution in [0.25, 0.3) is 5.69 Å². The van der Waals surface area contributed by atoms with Crippen molar-refractivity contribution >= 4 is 45.9 Å². The standard InChI is InChI=1S/C14H6F3IN4O5/c15-14(16,17)6-1-4(22(26)27)2-7(18)10(6)21-8(23)3-5-9(11(21)19)13(25)20-12(5)24/h1-3H,19H2,(H,20,24,25). The molecule has 13 heteroatoms. The van der Waals surface area contributed by atoms with Crippen LogP contribution in [0.3, 0.4) is 0 Å². The van der Waals surface area contributed by atoms with Gasteiger partial charge < -0.3 is 5.73 Å². The SMILES string of the molecule is Nc1c2c(cc(=O)n1-c1c(I)cc([N+](=O)[O-])cc1C(F)(F)F)C(=O)NC2=O. The Morgan fingerprint density at radius 1 is 1.15 bits per heavy atom. The van der Waals surface area contributed by atoms with Gasteiger partial charge in [-0.2, -0.15) is 13.2 Å². The van der Waals surface area contributed by atoms with Crippen LogP contribution in [0.5, 0.6) is 0 Å². The van der Waals surface area contributed by atoms with E-state index in [1.54, 1.807) is 0 Å². The zero-order valence-electron chi connectivity index (χ0n) is 12.8. The molecule has 0 atom stereocenters. The minimum atomic E-state index is -5.07. The van der Waals surface area contributed by atoms with E-state index in [1.165, 1.54) is 22.6 Å². The van der Waals surface area contributed by atoms with Crippen molar-refractivity contribution in [2.75, 3.05) is 5.73 Å². The number of carbonyl (C=O) groups is 2. The molecule has 2 amide bonds. The molecule has 0 spiro atoms. The minimum absolute atomic E-state index is 0.266. The number of alkyl halides is 3. The fourth-order valence-electron chi connectivity index (χ4n) is 2.64. The number of hydrogen-bond donors (Lipinski definition) is 2. The van der Waals surface area contributed by atoms with E-state index in [1.807, 2.05) is 5.32 Å². The number of nitrogens with zero attached hydrogens (tertiary/aromatic N) is 2. The summed E-state index contributed by atoms with van der Waals surface area (Å²) in [5, 5.41) is 12.8. The molecule has 140 valence electrons. The Balaban J connectivity index is 2.45. The van der Waals surface area contributed by atoms with Crippen LogP contribution in [0, 0.1) is 13.7 Å². The highest BCUT2D eigenvalue weighted by molar-refractivity contribution is 14.1. The summed E-state index contributed by atoms with van der Waals surface area (Å²) < 4.78 is 40.7. The van der Waals surface area contributed by atoms with Crippen LogP contribution in [-0.2, 0) is 6.18 Å². The molecule has 1 aromatic carbocycles. The van der Waals surface area contributed by atoms with Gasteiger partial charge in [0.2, 0.25) is 0 Å². The van der Waals surface area contributed by atoms with Gasteiger partial charge in [-0.1, -0.05) is 0 Å². The molecule has 9 nitrogen and oxygen atoms in total. The second-order valence-electron chi connectivity index (χ2n) is 5.35. The van der Waals surface area contributed by atoms with Crippen molar-refractivity contribution in [1.29, 1.82) is 0 Å². The summed E-state index contributed by atoms with van der Waals surface area (Å²) in [6.07, 6.45) is -5.07. The summed E-state index contributed by atoms with van der Waals surface area (Å²) in [7, 11) is 0. The Morgan fingerprint density at radius 2 is 1.78 bits per heavy atom. The third-order valence-electron chi connectivity index (χ3n) is 3.74. The summed E-state index contributed by atoms with van der Waals surface area (Å²) >= 11 is 1.39. The highest BCUT2D eigenvalue weighted by atomic mass is 127. The van der Waals surface area contributed by atoms with E-state index < -0.39 is 56.8 Å². The number of amides is 2. The fraction of sp³-hybridized carbons (Fsp3) is 0.0714. The number of imide groups is 1. The lowest BCUT2D eigenvalue weighted by molar-refractivity contribution is -0.385. The van der Waals surface area contributed by atoms with Crippen LogP contribution in [-0.4, -0.2) is 21.3 Å². The molecule has 2 aromatic rings. The smallest absolute Gasteiger partial charge is 0.384 e. The second kappa shape index (κ2) is 6.04. The summed E-state index contributed by atoms with van der Waals surface area (Å²) in [5.74, 6) is -2.55. The van der Waals surface area contributed by atoms with Crippen LogP contribution in [0.15, 0.2) is 23.0 Å². The van der Waals surface area contributed by atoms with Crippen LogP contribution in [0.1, 0.15) is 26.3 Å². The number of nitrogens with one attached hydrogen (secondary N) is 1. The molecule has 1 aliphatic heterocycles. The summed E-state index contributed by atoms with van der Waals surface area (Å²) in [4.78, 5) is 45.8. The lowest BCUT2D eigenvalue weighted by Crippen LogP contribution is -2.27. The number of pyridine rings is 1. The van der Waals surface area contributed by atoms with Gasteiger partial charge in [-0.25, -0.2) is 0 Å². The fourth-order valence-corrected chi connectivity index (χ4v) is 3.49. The molecule has 0 radical (unpaired) electrons. The number of nitro benzene ring substituents is 1. The quantitative estimate of drug-likeness (QED) is 0.283. The number of carbonyl (C=O) groups excluding carboxylic acids is 2. The number of halogens is 4. The molecule has 0 unspecified atom stereocenters. The third-order valence-corrected chi connectivity index (χ3v) is 4.56. The van der Waals surface area contributed by atoms with Gasteiger partial charge in [-0.05, 0) is 22.6 Å². The monoisotopic (exact) mass is 494 g/mol. The number of nitrogen functional groups attached to an aromatic ring is 1. The van der Waals surface area contributed by atoms with E-state index >= 15 is 0 Å². The Labute approximate surface area is 160 Å². The summed E-state index contributed by atoms with van der Waals surface area (Å²) in [5.41, 5.74) is 0.746. The Kier molecular flexibility index (Phi) is 4.21. The molecule has 0 bridgehead atoms. The second-order valence-corrected chi connectivity index (χ2v) is 6.52. The third kappa shape index (κ3) is 2.92. The van der Waals surface area contributed by atoms with Gasteiger partial charge in [0.05, 0.1) is 27.3 Å². The van der Waals surface area contributed by atoms with Crippen LogP contribution < -0.4 is 16.6 Å². The summed E-state index contributed by atoms with van der Waals surface area (Å²) in [6.45, 7) is 0. The molecule has 3 N–H and O–H groups in total. The number of non-ortho nitro benzene ring substituents is 1. The Morgan fingerprint density at radius 3 is 2.33 bits per heavy atom. The van der Waals surface area contributed by atoms with Gasteiger partial charge in [-0.15, -0.1) is 0 Å². The molecular formula is C14H6F3IN4O5. The van der Waals surface area contributed by atoms with Gasteiger partial charge in [-0.3, -0.25) is 34.4 Å². The highest BCUT2D eigenvalue weighted by Crippen LogP contribution is 2.39. The van der Waals surface area contributed by atoms with E-state index in [4.69, 9.17) is 5.73 Å². The first kappa shape index (κ1) is 18.8. The largest absolute Gasteiger partial charge is 0.418 e. The highest BCUT2D eigenvalue weighted by Gasteiger charge is 2.39. The molecule has 2 heterocycles.